The quantitative estimate of drug-likeness (QED) is 0.410. The number of nitrogens with one attached hydrogen (secondary N) is 1. The zero-order chi connectivity index (χ0) is 20.0. The maximum atomic E-state index is 11.2. The summed E-state index contributed by atoms with van der Waals surface area (Å²) in [6, 6.07) is 17.7. The van der Waals surface area contributed by atoms with Gasteiger partial charge < -0.3 is 0 Å². The fourth-order valence-corrected chi connectivity index (χ4v) is 4.18. The van der Waals surface area contributed by atoms with Crippen molar-refractivity contribution in [2.24, 2.45) is 0 Å². The summed E-state index contributed by atoms with van der Waals surface area (Å²) in [6.45, 7) is 0.401. The molecular weight excluding hydrogens is 416 g/mol. The van der Waals surface area contributed by atoms with E-state index in [9.17, 15) is 8.42 Å². The largest absolute Gasteiger partial charge is 0.274 e. The van der Waals surface area contributed by atoms with Crippen LogP contribution in [-0.4, -0.2) is 41.7 Å². The van der Waals surface area contributed by atoms with E-state index >= 15 is 0 Å². The normalized spacial score (nSPS) is 11.6. The Bertz CT molecular complexity index is 1010. The van der Waals surface area contributed by atoms with Crippen molar-refractivity contribution in [3.63, 3.8) is 0 Å². The molecule has 0 fully saturated rings. The minimum Gasteiger partial charge on any atom is -0.274 e. The van der Waals surface area contributed by atoms with Gasteiger partial charge in [-0.15, -0.1) is 10.2 Å². The molecule has 3 rings (SSSR count). The third kappa shape index (κ3) is 6.07. The molecule has 1 N–H and O–H groups in total. The van der Waals surface area contributed by atoms with E-state index in [1.807, 2.05) is 47.0 Å². The second kappa shape index (κ2) is 9.56. The van der Waals surface area contributed by atoms with Crippen molar-refractivity contribution in [3.05, 3.63) is 71.0 Å². The van der Waals surface area contributed by atoms with Gasteiger partial charge in [-0.05, 0) is 36.2 Å². The van der Waals surface area contributed by atoms with Crippen LogP contribution >= 0.6 is 23.4 Å². The van der Waals surface area contributed by atoms with Gasteiger partial charge in [-0.2, -0.15) is 0 Å². The van der Waals surface area contributed by atoms with Gasteiger partial charge in [-0.3, -0.25) is 4.57 Å². The van der Waals surface area contributed by atoms with Crippen LogP contribution in [0.3, 0.4) is 0 Å². The Hall–Kier alpha value is -1.87. The molecule has 3 aromatic rings. The van der Waals surface area contributed by atoms with Crippen molar-refractivity contribution in [1.82, 2.24) is 19.5 Å². The first-order valence-corrected chi connectivity index (χ1v) is 12.0. The Morgan fingerprint density at radius 3 is 2.46 bits per heavy atom. The lowest BCUT2D eigenvalue weighted by molar-refractivity contribution is 0.587. The van der Waals surface area contributed by atoms with E-state index in [0.717, 1.165) is 34.2 Å². The number of rotatable bonds is 9. The molecule has 1 aromatic heterocycles. The molecule has 6 nitrogen and oxygen atoms in total. The predicted octanol–water partition coefficient (Wildman–Crippen LogP) is 3.54. The number of thioether (sulfide) groups is 1. The maximum Gasteiger partial charge on any atom is 0.208 e. The summed E-state index contributed by atoms with van der Waals surface area (Å²) in [5, 5.41) is 10.2. The smallest absolute Gasteiger partial charge is 0.208 e. The second-order valence-corrected chi connectivity index (χ2v) is 9.57. The van der Waals surface area contributed by atoms with Gasteiger partial charge in [0.25, 0.3) is 0 Å². The van der Waals surface area contributed by atoms with E-state index in [1.165, 1.54) is 0 Å². The Morgan fingerprint density at radius 2 is 1.79 bits per heavy atom. The van der Waals surface area contributed by atoms with E-state index in [1.54, 1.807) is 11.8 Å². The van der Waals surface area contributed by atoms with Crippen molar-refractivity contribution in [2.45, 2.75) is 18.0 Å². The summed E-state index contributed by atoms with van der Waals surface area (Å²) >= 11 is 7.59. The summed E-state index contributed by atoms with van der Waals surface area (Å²) in [6.07, 6.45) is 2.51. The first kappa shape index (κ1) is 20.9. The lowest BCUT2D eigenvalue weighted by Crippen LogP contribution is -2.23. The molecule has 148 valence electrons. The zero-order valence-corrected chi connectivity index (χ0v) is 17.8. The Morgan fingerprint density at radius 1 is 1.07 bits per heavy atom. The van der Waals surface area contributed by atoms with Crippen molar-refractivity contribution >= 4 is 33.4 Å². The van der Waals surface area contributed by atoms with Crippen LogP contribution in [0, 0.1) is 0 Å². The average molecular weight is 437 g/mol. The number of hydrogen-bond acceptors (Lipinski definition) is 5. The Kier molecular flexibility index (Phi) is 7.12. The third-order valence-electron chi connectivity index (χ3n) is 3.91. The van der Waals surface area contributed by atoms with Crippen LogP contribution in [0.25, 0.3) is 5.69 Å². The van der Waals surface area contributed by atoms with Gasteiger partial charge in [-0.25, -0.2) is 13.1 Å². The molecular formula is C19H21ClN4O2S2. The molecule has 0 unspecified atom stereocenters. The predicted molar refractivity (Wildman–Crippen MR) is 114 cm³/mol. The molecule has 0 saturated heterocycles. The number of sulfonamides is 1. The van der Waals surface area contributed by atoms with Crippen LogP contribution < -0.4 is 4.72 Å². The van der Waals surface area contributed by atoms with Crippen LogP contribution in [0.4, 0.5) is 0 Å². The second-order valence-electron chi connectivity index (χ2n) is 6.24. The van der Waals surface area contributed by atoms with Crippen LogP contribution in [0.1, 0.15) is 17.8 Å². The molecule has 0 atom stereocenters. The molecule has 0 aliphatic heterocycles. The third-order valence-corrected chi connectivity index (χ3v) is 5.90. The van der Waals surface area contributed by atoms with Gasteiger partial charge >= 0.3 is 0 Å². The van der Waals surface area contributed by atoms with Crippen molar-refractivity contribution in [2.75, 3.05) is 18.6 Å². The van der Waals surface area contributed by atoms with Crippen molar-refractivity contribution in [1.29, 1.82) is 0 Å². The highest BCUT2D eigenvalue weighted by Gasteiger charge is 2.15. The minimum absolute atomic E-state index is 0.401. The lowest BCUT2D eigenvalue weighted by Gasteiger charge is -2.10. The molecule has 0 bridgehead atoms. The molecule has 0 amide bonds. The number of halogens is 1. The molecule has 0 saturated carbocycles. The molecule has 2 aromatic carbocycles. The number of nitrogens with zero attached hydrogens (tertiary/aromatic N) is 3. The highest BCUT2D eigenvalue weighted by molar-refractivity contribution is 7.99. The summed E-state index contributed by atoms with van der Waals surface area (Å²) in [5.41, 5.74) is 2.09. The fraction of sp³-hybridized carbons (Fsp3) is 0.263. The number of hydrogen-bond donors (Lipinski definition) is 1. The highest BCUT2D eigenvalue weighted by Crippen LogP contribution is 2.25. The fourth-order valence-electron chi connectivity index (χ4n) is 2.63. The standard InChI is InChI=1S/C19H21ClN4O2S2/c1-28(25,26)21-12-5-13-27-19-23-22-18(14-15-6-3-2-4-7-15)24(19)17-10-8-16(20)9-11-17/h2-4,6-11,21H,5,12-14H2,1H3. The van der Waals surface area contributed by atoms with Gasteiger partial charge in [-0.1, -0.05) is 53.7 Å². The summed E-state index contributed by atoms with van der Waals surface area (Å²) in [4.78, 5) is 0. The molecule has 1 heterocycles. The number of aromatic nitrogens is 3. The first-order chi connectivity index (χ1) is 13.4. The SMILES string of the molecule is CS(=O)(=O)NCCCSc1nnc(Cc2ccccc2)n1-c1ccc(Cl)cc1. The van der Waals surface area contributed by atoms with Crippen LogP contribution in [0.2, 0.25) is 5.02 Å². The molecule has 0 aliphatic carbocycles. The average Bonchev–Trinajstić information content (AvgIpc) is 3.04. The molecule has 0 radical (unpaired) electrons. The van der Waals surface area contributed by atoms with Crippen LogP contribution in [0.5, 0.6) is 0 Å². The zero-order valence-electron chi connectivity index (χ0n) is 15.4. The van der Waals surface area contributed by atoms with Crippen molar-refractivity contribution < 1.29 is 8.42 Å². The Balaban J connectivity index is 1.78. The van der Waals surface area contributed by atoms with Gasteiger partial charge in [0.2, 0.25) is 10.0 Å². The van der Waals surface area contributed by atoms with Gasteiger partial charge in [0.15, 0.2) is 5.16 Å². The van der Waals surface area contributed by atoms with Crippen molar-refractivity contribution in [3.8, 4) is 5.69 Å². The Labute approximate surface area is 174 Å². The van der Waals surface area contributed by atoms with E-state index in [-0.39, 0.29) is 0 Å². The van der Waals surface area contributed by atoms with Crippen LogP contribution in [0.15, 0.2) is 59.8 Å². The highest BCUT2D eigenvalue weighted by atomic mass is 35.5. The first-order valence-electron chi connectivity index (χ1n) is 8.74. The summed E-state index contributed by atoms with van der Waals surface area (Å²) in [7, 11) is -3.16. The van der Waals surface area contributed by atoms with Crippen LogP contribution in [-0.2, 0) is 16.4 Å². The van der Waals surface area contributed by atoms with E-state index in [2.05, 4.69) is 27.1 Å². The minimum atomic E-state index is -3.16. The number of benzene rings is 2. The molecule has 28 heavy (non-hydrogen) atoms. The summed E-state index contributed by atoms with van der Waals surface area (Å²) < 4.78 is 26.8. The van der Waals surface area contributed by atoms with Gasteiger partial charge in [0.1, 0.15) is 5.82 Å². The topological polar surface area (TPSA) is 76.9 Å². The molecule has 0 spiro atoms. The summed E-state index contributed by atoms with van der Waals surface area (Å²) in [5.74, 6) is 1.56. The van der Waals surface area contributed by atoms with Gasteiger partial charge in [0, 0.05) is 29.4 Å². The van der Waals surface area contributed by atoms with E-state index in [4.69, 9.17) is 11.6 Å². The van der Waals surface area contributed by atoms with Gasteiger partial charge in [0.05, 0.1) is 6.26 Å². The lowest BCUT2D eigenvalue weighted by atomic mass is 10.1. The maximum absolute atomic E-state index is 11.2. The van der Waals surface area contributed by atoms with E-state index in [0.29, 0.717) is 24.4 Å². The monoisotopic (exact) mass is 436 g/mol. The molecule has 9 heteroatoms. The van der Waals surface area contributed by atoms with E-state index < -0.39 is 10.0 Å². The molecule has 0 aliphatic rings.